The summed E-state index contributed by atoms with van der Waals surface area (Å²) in [5.74, 6) is -5.85. The molecule has 6 rings (SSSR count). The number of aromatic nitrogens is 2. The molecule has 2 aliphatic heterocycles. The Morgan fingerprint density at radius 2 is 1.72 bits per heavy atom. The van der Waals surface area contributed by atoms with Gasteiger partial charge < -0.3 is 39.8 Å². The number of hydrogen-bond donors (Lipinski definition) is 3. The largest absolute Gasteiger partial charge is 0.473 e. The first kappa shape index (κ1) is 52.2. The molecule has 2 aromatic heterocycles. The molecule has 3 N–H and O–H groups in total. The highest BCUT2D eigenvalue weighted by molar-refractivity contribution is 7.81. The van der Waals surface area contributed by atoms with E-state index in [-0.39, 0.29) is 51.6 Å². The summed E-state index contributed by atoms with van der Waals surface area (Å²) in [6.07, 6.45) is -5.07. The molecule has 0 aliphatic carbocycles. The summed E-state index contributed by atoms with van der Waals surface area (Å²) in [6.45, 7) is 9.24. The molecule has 2 saturated heterocycles. The fourth-order valence-electron chi connectivity index (χ4n) is 7.76. The maximum absolute atomic E-state index is 15.4. The highest BCUT2D eigenvalue weighted by Gasteiger charge is 2.52. The Hall–Kier alpha value is -6.19. The van der Waals surface area contributed by atoms with Crippen LogP contribution >= 0.6 is 23.6 Å². The van der Waals surface area contributed by atoms with Crippen molar-refractivity contribution in [1.29, 1.82) is 5.26 Å². The van der Waals surface area contributed by atoms with Gasteiger partial charge in [-0.1, -0.05) is 45.0 Å². The summed E-state index contributed by atoms with van der Waals surface area (Å²) in [4.78, 5) is 66.1. The number of β-amino-alcohol motifs (C(OH)–C–C–N with tert-alkyl or cyclic N) is 1. The van der Waals surface area contributed by atoms with Crippen LogP contribution in [0.1, 0.15) is 63.4 Å². The van der Waals surface area contributed by atoms with Gasteiger partial charge in [0.25, 0.3) is 11.8 Å². The fraction of sp³-hybridized carbons (Fsp3) is 0.435. The number of nitrogens with zero attached hydrogens (tertiary/aromatic N) is 6. The summed E-state index contributed by atoms with van der Waals surface area (Å²) >= 11 is 6.93. The van der Waals surface area contributed by atoms with Gasteiger partial charge in [0, 0.05) is 25.6 Å². The van der Waals surface area contributed by atoms with Gasteiger partial charge >= 0.3 is 6.18 Å². The van der Waals surface area contributed by atoms with Crippen molar-refractivity contribution in [2.24, 2.45) is 5.41 Å². The summed E-state index contributed by atoms with van der Waals surface area (Å²) in [6, 6.07) is 9.43. The lowest BCUT2D eigenvalue weighted by Gasteiger charge is -2.35. The van der Waals surface area contributed by atoms with E-state index in [1.165, 1.54) is 36.2 Å². The van der Waals surface area contributed by atoms with Gasteiger partial charge in [0.2, 0.25) is 17.7 Å². The number of thiocarbonyl (C=S) groups is 1. The third kappa shape index (κ3) is 11.6. The van der Waals surface area contributed by atoms with Gasteiger partial charge in [-0.05, 0) is 61.7 Å². The van der Waals surface area contributed by atoms with Crippen molar-refractivity contribution in [3.8, 4) is 22.4 Å². The molecule has 0 radical (unpaired) electrons. The molecule has 16 nitrogen and oxygen atoms in total. The quantitative estimate of drug-likeness (QED) is 0.0651. The van der Waals surface area contributed by atoms with E-state index < -0.39 is 105 Å². The van der Waals surface area contributed by atoms with Crippen molar-refractivity contribution in [3.63, 3.8) is 0 Å². The lowest BCUT2D eigenvalue weighted by molar-refractivity contribution is -0.144. The minimum absolute atomic E-state index is 0.0121. The predicted molar refractivity (Wildman–Crippen MR) is 246 cm³/mol. The molecule has 4 heterocycles. The number of aliphatic hydroxyl groups excluding tert-OH is 1. The first-order chi connectivity index (χ1) is 32.4. The molecule has 0 unspecified atom stereocenters. The van der Waals surface area contributed by atoms with Gasteiger partial charge in [-0.2, -0.15) is 18.4 Å². The second-order valence-corrected chi connectivity index (χ2v) is 18.9. The van der Waals surface area contributed by atoms with Crippen LogP contribution in [0.25, 0.3) is 10.4 Å². The third-order valence-corrected chi connectivity index (χ3v) is 12.6. The van der Waals surface area contributed by atoms with Crippen molar-refractivity contribution >= 4 is 63.7 Å². The number of likely N-dealkylation sites (tertiary alicyclic amines) is 1. The normalized spacial score (nSPS) is 17.5. The van der Waals surface area contributed by atoms with Crippen LogP contribution in [0.2, 0.25) is 0 Å². The van der Waals surface area contributed by atoms with Crippen LogP contribution in [0.5, 0.6) is 5.88 Å². The van der Waals surface area contributed by atoms with Crippen molar-refractivity contribution in [3.05, 3.63) is 88.2 Å². The smallest absolute Gasteiger partial charge is 0.420 e. The van der Waals surface area contributed by atoms with Gasteiger partial charge in [-0.25, -0.2) is 18.7 Å². The first-order valence-electron chi connectivity index (χ1n) is 21.4. The van der Waals surface area contributed by atoms with Crippen LogP contribution < -0.4 is 25.2 Å². The number of nitriles is 1. The van der Waals surface area contributed by atoms with Crippen molar-refractivity contribution in [2.75, 3.05) is 49.4 Å². The van der Waals surface area contributed by atoms with E-state index in [0.717, 1.165) is 51.0 Å². The average molecular weight is 1000 g/mol. The summed E-state index contributed by atoms with van der Waals surface area (Å²) in [5.41, 5.74) is -1.67. The number of nitrogens with one attached hydrogen (secondary N) is 2. The Morgan fingerprint density at radius 1 is 1.04 bits per heavy atom. The number of rotatable bonds is 17. The highest BCUT2D eigenvalue weighted by Crippen LogP contribution is 2.42. The molecule has 4 amide bonds. The van der Waals surface area contributed by atoms with Crippen LogP contribution in [-0.4, -0.2) is 112 Å². The zero-order valence-electron chi connectivity index (χ0n) is 38.3. The number of carbonyl (C=O) groups excluding carboxylic acids is 4. The lowest BCUT2D eigenvalue weighted by Crippen LogP contribution is -2.58. The molecule has 69 heavy (non-hydrogen) atoms. The molecule has 0 saturated carbocycles. The van der Waals surface area contributed by atoms with Crippen LogP contribution in [0.3, 0.4) is 0 Å². The molecule has 368 valence electrons. The zero-order valence-corrected chi connectivity index (χ0v) is 39.9. The van der Waals surface area contributed by atoms with Crippen LogP contribution in [-0.2, 0) is 41.4 Å². The molecule has 2 aliphatic rings. The molecule has 2 fully saturated rings. The zero-order chi connectivity index (χ0) is 50.6. The van der Waals surface area contributed by atoms with E-state index in [1.807, 2.05) is 31.2 Å². The maximum atomic E-state index is 15.4. The van der Waals surface area contributed by atoms with Crippen molar-refractivity contribution in [1.82, 2.24) is 25.5 Å². The number of thiazole rings is 1. The van der Waals surface area contributed by atoms with E-state index in [4.69, 9.17) is 31.7 Å². The van der Waals surface area contributed by atoms with Gasteiger partial charge in [-0.15, -0.1) is 11.3 Å². The monoisotopic (exact) mass is 1000 g/mol. The third-order valence-electron chi connectivity index (χ3n) is 11.3. The maximum Gasteiger partial charge on any atom is 0.420 e. The van der Waals surface area contributed by atoms with Gasteiger partial charge in [0.1, 0.15) is 36.4 Å². The van der Waals surface area contributed by atoms with E-state index in [2.05, 4.69) is 20.6 Å². The van der Waals surface area contributed by atoms with E-state index >= 15 is 8.78 Å². The number of anilines is 2. The topological polar surface area (TPSA) is 200 Å². The second-order valence-electron chi connectivity index (χ2n) is 17.7. The molecule has 2 aromatic carbocycles. The molecular weight excluding hydrogens is 952 g/mol. The van der Waals surface area contributed by atoms with Crippen LogP contribution in [0, 0.1) is 35.3 Å². The Labute approximate surface area is 403 Å². The Bertz CT molecular complexity index is 2640. The Balaban J connectivity index is 0.944. The summed E-state index contributed by atoms with van der Waals surface area (Å²) in [7, 11) is 0. The number of amides is 4. The summed E-state index contributed by atoms with van der Waals surface area (Å²) in [5, 5.41) is 24.8. The molecular formula is C46H49F5N8O8S2. The van der Waals surface area contributed by atoms with Gasteiger partial charge in [0.05, 0.1) is 71.2 Å². The number of ether oxygens (including phenoxy) is 3. The van der Waals surface area contributed by atoms with Crippen molar-refractivity contribution in [2.45, 2.75) is 84.4 Å². The average Bonchev–Trinajstić information content (AvgIpc) is 3.94. The van der Waals surface area contributed by atoms with E-state index in [1.54, 1.807) is 26.3 Å². The van der Waals surface area contributed by atoms with Crippen LogP contribution in [0.15, 0.2) is 54.2 Å². The Morgan fingerprint density at radius 3 is 2.35 bits per heavy atom. The summed E-state index contributed by atoms with van der Waals surface area (Å²) < 4.78 is 88.1. The Kier molecular flexibility index (Phi) is 16.0. The number of aliphatic hydroxyl groups is 1. The molecule has 23 heteroatoms. The number of alkyl halides is 3. The number of benzene rings is 2. The molecule has 0 spiro atoms. The predicted octanol–water partition coefficient (Wildman–Crippen LogP) is 5.82. The van der Waals surface area contributed by atoms with Gasteiger partial charge in [-0.3, -0.25) is 24.1 Å². The van der Waals surface area contributed by atoms with E-state index in [0.29, 0.717) is 4.90 Å². The SMILES string of the molecule is Cc1ncsc1-c1ccc(CNC(=O)[C@@H]2C[C@@H](O)CN2C(=O)[C@@H](NC(=O)COCCOCCOc2ncc(N3C(=S)N(c4ccc(C#N)c(C(F)(F)F)c4F)C(=O)C3(C)C)cc2F)C(C)(C)C)cc1. The van der Waals surface area contributed by atoms with Crippen molar-refractivity contribution < 1.29 is 60.4 Å². The molecule has 3 atom stereocenters. The number of hydrogen-bond acceptors (Lipinski definition) is 13. The fourth-order valence-corrected chi connectivity index (χ4v) is 9.08. The first-order valence-corrected chi connectivity index (χ1v) is 22.7. The number of halogens is 5. The lowest BCUT2D eigenvalue weighted by atomic mass is 9.85. The number of carbonyl (C=O) groups is 4. The highest BCUT2D eigenvalue weighted by atomic mass is 32.1. The molecule has 0 bridgehead atoms. The minimum Gasteiger partial charge on any atom is -0.473 e. The van der Waals surface area contributed by atoms with E-state index in [9.17, 15) is 37.5 Å². The number of pyridine rings is 1. The second kappa shape index (κ2) is 21.2. The minimum atomic E-state index is -5.26. The molecule has 4 aromatic rings. The van der Waals surface area contributed by atoms with Gasteiger partial charge in [0.15, 0.2) is 16.7 Å². The standard InChI is InChI=1S/C46H49F5N8O8S2/c1-25-37(69-24-55-25)27-9-7-26(8-10-27)20-53-39(62)33-18-30(60)22-57(33)41(63)38(44(2,3)4)56-34(61)23-66-14-13-65-15-16-67-40-31(47)17-29(21-54-40)59-43(68)58(42(64)45(59,5)6)32-12-11-28(19-52)35(36(32)48)46(49,50)51/h7-12,17,21,24,30,33,38,60H,13-16,18,20,22-23H2,1-6H3,(H,53,62)(H,56,61)/t30-,33+,38-/m1/s1. The number of aryl methyl sites for hydroxylation is 1. The van der Waals surface area contributed by atoms with Crippen LogP contribution in [0.4, 0.5) is 33.3 Å².